The molecule has 1 rings (SSSR count). The van der Waals surface area contributed by atoms with Crippen LogP contribution in [0.2, 0.25) is 0 Å². The highest BCUT2D eigenvalue weighted by Crippen LogP contribution is 2.36. The van der Waals surface area contributed by atoms with Crippen molar-refractivity contribution >= 4 is 29.1 Å². The predicted octanol–water partition coefficient (Wildman–Crippen LogP) is 3.55. The molecule has 0 bridgehead atoms. The monoisotopic (exact) mass is 301 g/mol. The zero-order valence-electron chi connectivity index (χ0n) is 10.4. The summed E-state index contributed by atoms with van der Waals surface area (Å²) in [4.78, 5) is 12.0. The highest BCUT2D eigenvalue weighted by atomic mass is 35.5. The molecular formula is C12H19Cl2F2NO. The Labute approximate surface area is 116 Å². The third-order valence-corrected chi connectivity index (χ3v) is 4.69. The number of hydrogen-bond donors (Lipinski definition) is 1. The van der Waals surface area contributed by atoms with Gasteiger partial charge in [0.1, 0.15) is 0 Å². The summed E-state index contributed by atoms with van der Waals surface area (Å²) in [6.07, 6.45) is 0.638. The van der Waals surface area contributed by atoms with E-state index >= 15 is 0 Å². The molecule has 0 radical (unpaired) electrons. The third kappa shape index (κ3) is 3.95. The Morgan fingerprint density at radius 1 is 1.33 bits per heavy atom. The van der Waals surface area contributed by atoms with Crippen LogP contribution in [0, 0.1) is 5.92 Å². The van der Waals surface area contributed by atoms with E-state index in [0.29, 0.717) is 6.42 Å². The third-order valence-electron chi connectivity index (χ3n) is 3.66. The molecule has 0 heterocycles. The van der Waals surface area contributed by atoms with Gasteiger partial charge in [-0.15, -0.1) is 23.2 Å². The lowest BCUT2D eigenvalue weighted by Gasteiger charge is -2.33. The molecular weight excluding hydrogens is 283 g/mol. The van der Waals surface area contributed by atoms with Gasteiger partial charge in [-0.2, -0.15) is 0 Å². The highest BCUT2D eigenvalue weighted by molar-refractivity contribution is 6.22. The van der Waals surface area contributed by atoms with Crippen LogP contribution in [-0.4, -0.2) is 29.1 Å². The molecule has 0 atom stereocenters. The fourth-order valence-corrected chi connectivity index (χ4v) is 2.84. The van der Waals surface area contributed by atoms with Crippen LogP contribution in [-0.2, 0) is 4.79 Å². The maximum Gasteiger partial charge on any atom is 0.248 e. The van der Waals surface area contributed by atoms with Gasteiger partial charge in [-0.1, -0.05) is 6.92 Å². The fraction of sp³-hybridized carbons (Fsp3) is 0.917. The van der Waals surface area contributed by atoms with Crippen molar-refractivity contribution in [3.05, 3.63) is 0 Å². The van der Waals surface area contributed by atoms with Crippen molar-refractivity contribution in [3.8, 4) is 0 Å². The van der Waals surface area contributed by atoms with Gasteiger partial charge < -0.3 is 5.32 Å². The number of alkyl halides is 4. The van der Waals surface area contributed by atoms with Gasteiger partial charge >= 0.3 is 0 Å². The normalized spacial score (nSPS) is 20.7. The number of halogens is 4. The topological polar surface area (TPSA) is 29.1 Å². The molecule has 1 N–H and O–H groups in total. The Morgan fingerprint density at radius 3 is 2.22 bits per heavy atom. The average Bonchev–Trinajstić information content (AvgIpc) is 2.36. The molecule has 0 aromatic carbocycles. The second-order valence-corrected chi connectivity index (χ2v) is 5.56. The van der Waals surface area contributed by atoms with Crippen molar-refractivity contribution < 1.29 is 13.6 Å². The first-order chi connectivity index (χ1) is 8.38. The summed E-state index contributed by atoms with van der Waals surface area (Å²) in [5.74, 6) is -2.71. The smallest absolute Gasteiger partial charge is 0.248 e. The van der Waals surface area contributed by atoms with Crippen LogP contribution in [0.4, 0.5) is 8.78 Å². The summed E-state index contributed by atoms with van der Waals surface area (Å²) < 4.78 is 26.0. The minimum absolute atomic E-state index is 0.200. The Bertz CT molecular complexity index is 278. The Balaban J connectivity index is 2.56. The molecule has 0 unspecified atom stereocenters. The Morgan fingerprint density at radius 2 is 1.83 bits per heavy atom. The van der Waals surface area contributed by atoms with E-state index in [1.54, 1.807) is 0 Å². The van der Waals surface area contributed by atoms with Gasteiger partial charge in [0.05, 0.1) is 5.54 Å². The minimum Gasteiger partial charge on any atom is -0.348 e. The second-order valence-electron chi connectivity index (χ2n) is 5.02. The van der Waals surface area contributed by atoms with Crippen LogP contribution >= 0.6 is 23.2 Å². The zero-order valence-corrected chi connectivity index (χ0v) is 12.0. The Kier molecular flexibility index (Phi) is 5.66. The molecule has 6 heteroatoms. The van der Waals surface area contributed by atoms with E-state index in [1.165, 1.54) is 0 Å². The summed E-state index contributed by atoms with van der Waals surface area (Å²) >= 11 is 11.7. The number of rotatable bonds is 5. The van der Waals surface area contributed by atoms with Gasteiger partial charge in [0, 0.05) is 30.5 Å². The minimum atomic E-state index is -2.61. The number of hydrogen-bond acceptors (Lipinski definition) is 1. The standard InChI is InChI=1S/C12H19Cl2F2NO/c1-2-11(7-13,8-14)17-10(18)9-3-5-12(15,16)6-4-9/h9H,2-8H2,1H3,(H,17,18). The first-order valence-corrected chi connectivity index (χ1v) is 7.27. The SMILES string of the molecule is CCC(CCl)(CCl)NC(=O)C1CCC(F)(F)CC1. The lowest BCUT2D eigenvalue weighted by atomic mass is 9.85. The average molecular weight is 302 g/mol. The maximum absolute atomic E-state index is 13.0. The summed E-state index contributed by atoms with van der Waals surface area (Å²) in [6.45, 7) is 1.89. The number of carbonyl (C=O) groups is 1. The molecule has 2 nitrogen and oxygen atoms in total. The van der Waals surface area contributed by atoms with Crippen molar-refractivity contribution in [3.63, 3.8) is 0 Å². The largest absolute Gasteiger partial charge is 0.348 e. The first-order valence-electron chi connectivity index (χ1n) is 6.20. The maximum atomic E-state index is 13.0. The summed E-state index contributed by atoms with van der Waals surface area (Å²) in [5, 5.41) is 2.83. The molecule has 1 aliphatic rings. The van der Waals surface area contributed by atoms with E-state index in [9.17, 15) is 13.6 Å². The van der Waals surface area contributed by atoms with E-state index in [1.807, 2.05) is 6.92 Å². The number of carbonyl (C=O) groups excluding carboxylic acids is 1. The summed E-state index contributed by atoms with van der Waals surface area (Å²) in [5.41, 5.74) is -0.625. The van der Waals surface area contributed by atoms with Crippen molar-refractivity contribution in [1.29, 1.82) is 0 Å². The molecule has 1 aliphatic carbocycles. The molecule has 0 aliphatic heterocycles. The van der Waals surface area contributed by atoms with Gasteiger partial charge in [0.2, 0.25) is 11.8 Å². The molecule has 1 saturated carbocycles. The molecule has 0 aromatic rings. The van der Waals surface area contributed by atoms with Crippen LogP contribution in [0.15, 0.2) is 0 Å². The molecule has 0 spiro atoms. The quantitative estimate of drug-likeness (QED) is 0.773. The van der Waals surface area contributed by atoms with Crippen LogP contribution in [0.25, 0.3) is 0 Å². The van der Waals surface area contributed by atoms with Crippen LogP contribution in [0.5, 0.6) is 0 Å². The lowest BCUT2D eigenvalue weighted by Crippen LogP contribution is -2.53. The van der Waals surface area contributed by atoms with Crippen LogP contribution in [0.1, 0.15) is 39.0 Å². The van der Waals surface area contributed by atoms with E-state index in [-0.39, 0.29) is 49.3 Å². The van der Waals surface area contributed by atoms with Gasteiger partial charge in [-0.3, -0.25) is 4.79 Å². The molecule has 0 saturated heterocycles. The van der Waals surface area contributed by atoms with Gasteiger partial charge in [0.15, 0.2) is 0 Å². The molecule has 18 heavy (non-hydrogen) atoms. The zero-order chi connectivity index (χ0) is 13.8. The fourth-order valence-electron chi connectivity index (χ4n) is 2.05. The van der Waals surface area contributed by atoms with Crippen LogP contribution < -0.4 is 5.32 Å². The highest BCUT2D eigenvalue weighted by Gasteiger charge is 2.39. The molecule has 0 aromatic heterocycles. The summed E-state index contributed by atoms with van der Waals surface area (Å²) in [7, 11) is 0. The van der Waals surface area contributed by atoms with Crippen LogP contribution in [0.3, 0.4) is 0 Å². The van der Waals surface area contributed by atoms with Crippen molar-refractivity contribution in [2.45, 2.75) is 50.5 Å². The van der Waals surface area contributed by atoms with E-state index in [2.05, 4.69) is 5.32 Å². The number of nitrogens with one attached hydrogen (secondary N) is 1. The molecule has 1 amide bonds. The second kappa shape index (κ2) is 6.38. The molecule has 106 valence electrons. The predicted molar refractivity (Wildman–Crippen MR) is 69.5 cm³/mol. The molecule has 1 fully saturated rings. The van der Waals surface area contributed by atoms with Gasteiger partial charge in [-0.05, 0) is 19.3 Å². The van der Waals surface area contributed by atoms with E-state index in [4.69, 9.17) is 23.2 Å². The Hall–Kier alpha value is -0.0900. The first kappa shape index (κ1) is 16.0. The van der Waals surface area contributed by atoms with Crippen molar-refractivity contribution in [2.24, 2.45) is 5.92 Å². The lowest BCUT2D eigenvalue weighted by molar-refractivity contribution is -0.130. The van der Waals surface area contributed by atoms with E-state index in [0.717, 1.165) is 0 Å². The van der Waals surface area contributed by atoms with E-state index < -0.39 is 11.5 Å². The number of amides is 1. The van der Waals surface area contributed by atoms with Gasteiger partial charge in [-0.25, -0.2) is 8.78 Å². The van der Waals surface area contributed by atoms with Crippen molar-refractivity contribution in [1.82, 2.24) is 5.32 Å². The van der Waals surface area contributed by atoms with Crippen molar-refractivity contribution in [2.75, 3.05) is 11.8 Å². The summed E-state index contributed by atoms with van der Waals surface area (Å²) in [6, 6.07) is 0. The van der Waals surface area contributed by atoms with Gasteiger partial charge in [0.25, 0.3) is 0 Å².